The van der Waals surface area contributed by atoms with Crippen LogP contribution in [0.1, 0.15) is 28.9 Å². The summed E-state index contributed by atoms with van der Waals surface area (Å²) in [5.74, 6) is 0.608. The zero-order valence-corrected chi connectivity index (χ0v) is 15.3. The fourth-order valence-electron chi connectivity index (χ4n) is 3.61. The molecule has 5 heteroatoms. The van der Waals surface area contributed by atoms with Crippen LogP contribution in [0.3, 0.4) is 0 Å². The van der Waals surface area contributed by atoms with E-state index in [0.29, 0.717) is 19.1 Å². The van der Waals surface area contributed by atoms with Crippen LogP contribution in [0.15, 0.2) is 30.3 Å². The van der Waals surface area contributed by atoms with E-state index in [1.54, 1.807) is 0 Å². The van der Waals surface area contributed by atoms with Crippen LogP contribution in [-0.2, 0) is 24.4 Å². The molecule has 1 unspecified atom stereocenters. The van der Waals surface area contributed by atoms with E-state index in [1.165, 1.54) is 23.2 Å². The van der Waals surface area contributed by atoms with Gasteiger partial charge in [0.05, 0.1) is 32.1 Å². The minimum atomic E-state index is 0.131. The average Bonchev–Trinajstić information content (AvgIpc) is 3.16. The molecule has 1 aliphatic heterocycles. The van der Waals surface area contributed by atoms with Crippen LogP contribution in [0.5, 0.6) is 0 Å². The van der Waals surface area contributed by atoms with Crippen LogP contribution in [-0.4, -0.2) is 46.1 Å². The molecule has 2 heterocycles. The smallest absolute Gasteiger partial charge is 0.0717 e. The van der Waals surface area contributed by atoms with Crippen LogP contribution in [0.2, 0.25) is 0 Å². The normalized spacial score (nSPS) is 18.1. The molecule has 0 bridgehead atoms. The number of ether oxygens (including phenoxy) is 1. The Morgan fingerprint density at radius 3 is 2.80 bits per heavy atom. The van der Waals surface area contributed by atoms with Crippen LogP contribution >= 0.6 is 0 Å². The molecular weight excluding hydrogens is 314 g/mol. The summed E-state index contributed by atoms with van der Waals surface area (Å²) in [4.78, 5) is 2.50. The molecule has 1 atom stereocenters. The van der Waals surface area contributed by atoms with Crippen molar-refractivity contribution in [2.45, 2.75) is 40.0 Å². The Labute approximate surface area is 150 Å². The maximum absolute atomic E-state index is 9.14. The number of aryl methyl sites for hydroxylation is 1. The van der Waals surface area contributed by atoms with Gasteiger partial charge in [0.2, 0.25) is 0 Å². The topological polar surface area (TPSA) is 50.5 Å². The number of aliphatic hydroxyl groups excluding tert-OH is 1. The maximum atomic E-state index is 9.14. The number of hydrogen-bond acceptors (Lipinski definition) is 4. The van der Waals surface area contributed by atoms with E-state index < -0.39 is 0 Å². The first-order valence-electron chi connectivity index (χ1n) is 9.15. The van der Waals surface area contributed by atoms with Crippen molar-refractivity contribution in [2.75, 3.05) is 26.3 Å². The van der Waals surface area contributed by atoms with Gasteiger partial charge in [-0.15, -0.1) is 0 Å². The Hall–Kier alpha value is -1.69. The van der Waals surface area contributed by atoms with Crippen molar-refractivity contribution in [2.24, 2.45) is 5.92 Å². The second-order valence-corrected chi connectivity index (χ2v) is 6.99. The minimum Gasteiger partial charge on any atom is -0.394 e. The average molecular weight is 343 g/mol. The zero-order valence-electron chi connectivity index (χ0n) is 15.3. The lowest BCUT2D eigenvalue weighted by molar-refractivity contribution is 0.0885. The second kappa shape index (κ2) is 8.61. The van der Waals surface area contributed by atoms with E-state index >= 15 is 0 Å². The van der Waals surface area contributed by atoms with Gasteiger partial charge in [0, 0.05) is 24.3 Å². The van der Waals surface area contributed by atoms with E-state index in [9.17, 15) is 0 Å². The zero-order chi connectivity index (χ0) is 17.6. The summed E-state index contributed by atoms with van der Waals surface area (Å²) in [5, 5.41) is 13.7. The first-order chi connectivity index (χ1) is 12.2. The third-order valence-electron chi connectivity index (χ3n) is 5.06. The molecule has 1 saturated heterocycles. The summed E-state index contributed by atoms with van der Waals surface area (Å²) in [7, 11) is 0. The lowest BCUT2D eigenvalue weighted by atomic mass is 10.1. The summed E-state index contributed by atoms with van der Waals surface area (Å²) < 4.78 is 7.83. The predicted octanol–water partition coefficient (Wildman–Crippen LogP) is 2.53. The molecular formula is C20H29N3O2. The summed E-state index contributed by atoms with van der Waals surface area (Å²) in [5.41, 5.74) is 4.80. The molecule has 0 saturated carbocycles. The second-order valence-electron chi connectivity index (χ2n) is 6.99. The fourth-order valence-corrected chi connectivity index (χ4v) is 3.61. The van der Waals surface area contributed by atoms with E-state index in [4.69, 9.17) is 9.84 Å². The highest BCUT2D eigenvalue weighted by molar-refractivity contribution is 5.24. The molecule has 1 N–H and O–H groups in total. The van der Waals surface area contributed by atoms with Gasteiger partial charge in [0.1, 0.15) is 0 Å². The van der Waals surface area contributed by atoms with Crippen molar-refractivity contribution in [1.29, 1.82) is 0 Å². The standard InChI is InChI=1S/C20H29N3O2/c1-16-20(17(2)23(21-16)10-11-24)13-22-9-8-19(12-22)15-25-14-18-6-4-3-5-7-18/h3-7,19,24H,8-15H2,1-2H3. The van der Waals surface area contributed by atoms with Crippen molar-refractivity contribution in [3.05, 3.63) is 52.8 Å². The van der Waals surface area contributed by atoms with Crippen molar-refractivity contribution < 1.29 is 9.84 Å². The van der Waals surface area contributed by atoms with Crippen molar-refractivity contribution in [3.63, 3.8) is 0 Å². The molecule has 1 fully saturated rings. The summed E-state index contributed by atoms with van der Waals surface area (Å²) >= 11 is 0. The molecule has 25 heavy (non-hydrogen) atoms. The highest BCUT2D eigenvalue weighted by atomic mass is 16.5. The molecule has 0 aliphatic carbocycles. The molecule has 1 aliphatic rings. The lowest BCUT2D eigenvalue weighted by Gasteiger charge is -2.16. The first kappa shape index (κ1) is 18.1. The van der Waals surface area contributed by atoms with Gasteiger partial charge in [-0.05, 0) is 38.3 Å². The van der Waals surface area contributed by atoms with E-state index in [2.05, 4.69) is 48.1 Å². The monoisotopic (exact) mass is 343 g/mol. The number of rotatable bonds is 8. The molecule has 1 aromatic carbocycles. The van der Waals surface area contributed by atoms with Gasteiger partial charge in [-0.2, -0.15) is 5.10 Å². The largest absolute Gasteiger partial charge is 0.394 e. The summed E-state index contributed by atoms with van der Waals surface area (Å²) in [6, 6.07) is 10.4. The highest BCUT2D eigenvalue weighted by Crippen LogP contribution is 2.22. The number of hydrogen-bond donors (Lipinski definition) is 1. The molecule has 0 radical (unpaired) electrons. The Morgan fingerprint density at radius 2 is 2.04 bits per heavy atom. The number of benzene rings is 1. The van der Waals surface area contributed by atoms with E-state index in [1.807, 2.05) is 10.7 Å². The Kier molecular flexibility index (Phi) is 6.24. The third kappa shape index (κ3) is 4.69. The van der Waals surface area contributed by atoms with Crippen LogP contribution in [0.25, 0.3) is 0 Å². The fraction of sp³-hybridized carbons (Fsp3) is 0.550. The highest BCUT2D eigenvalue weighted by Gasteiger charge is 2.24. The number of likely N-dealkylation sites (tertiary alicyclic amines) is 1. The van der Waals surface area contributed by atoms with E-state index in [0.717, 1.165) is 31.9 Å². The third-order valence-corrected chi connectivity index (χ3v) is 5.06. The Bertz CT molecular complexity index is 669. The molecule has 0 spiro atoms. The number of aliphatic hydroxyl groups is 1. The lowest BCUT2D eigenvalue weighted by Crippen LogP contribution is -2.22. The molecule has 0 amide bonds. The van der Waals surface area contributed by atoms with Gasteiger partial charge in [-0.3, -0.25) is 9.58 Å². The summed E-state index contributed by atoms with van der Waals surface area (Å²) in [6.45, 7) is 9.53. The van der Waals surface area contributed by atoms with Gasteiger partial charge in [-0.1, -0.05) is 30.3 Å². The van der Waals surface area contributed by atoms with Crippen LogP contribution < -0.4 is 0 Å². The van der Waals surface area contributed by atoms with Crippen molar-refractivity contribution in [3.8, 4) is 0 Å². The quantitative estimate of drug-likeness (QED) is 0.800. The molecule has 136 valence electrons. The van der Waals surface area contributed by atoms with E-state index in [-0.39, 0.29) is 6.61 Å². The molecule has 1 aromatic heterocycles. The Balaban J connectivity index is 1.47. The minimum absolute atomic E-state index is 0.131. The Morgan fingerprint density at radius 1 is 1.24 bits per heavy atom. The first-order valence-corrected chi connectivity index (χ1v) is 9.15. The van der Waals surface area contributed by atoms with Gasteiger partial charge >= 0.3 is 0 Å². The number of nitrogens with zero attached hydrogens (tertiary/aromatic N) is 3. The molecule has 2 aromatic rings. The van der Waals surface area contributed by atoms with Gasteiger partial charge in [0.25, 0.3) is 0 Å². The van der Waals surface area contributed by atoms with Crippen LogP contribution in [0.4, 0.5) is 0 Å². The molecule has 3 rings (SSSR count). The maximum Gasteiger partial charge on any atom is 0.0717 e. The molecule has 5 nitrogen and oxygen atoms in total. The van der Waals surface area contributed by atoms with Crippen molar-refractivity contribution in [1.82, 2.24) is 14.7 Å². The van der Waals surface area contributed by atoms with Crippen molar-refractivity contribution >= 4 is 0 Å². The summed E-state index contributed by atoms with van der Waals surface area (Å²) in [6.07, 6.45) is 1.19. The predicted molar refractivity (Wildman–Crippen MR) is 98.3 cm³/mol. The van der Waals surface area contributed by atoms with Crippen LogP contribution in [0, 0.1) is 19.8 Å². The van der Waals surface area contributed by atoms with Gasteiger partial charge in [0.15, 0.2) is 0 Å². The van der Waals surface area contributed by atoms with Gasteiger partial charge < -0.3 is 9.84 Å². The number of aromatic nitrogens is 2. The van der Waals surface area contributed by atoms with Gasteiger partial charge in [-0.25, -0.2) is 0 Å². The SMILES string of the molecule is Cc1nn(CCO)c(C)c1CN1CCC(COCc2ccccc2)C1.